The molecule has 0 aromatic heterocycles. The van der Waals surface area contributed by atoms with Crippen molar-refractivity contribution in [2.45, 2.75) is 0 Å². The summed E-state index contributed by atoms with van der Waals surface area (Å²) in [7, 11) is 0.0311. The Hall–Kier alpha value is -8.21. The molecule has 0 atom stereocenters. The van der Waals surface area contributed by atoms with Gasteiger partial charge in [-0.2, -0.15) is 0 Å². The summed E-state index contributed by atoms with van der Waals surface area (Å²) in [6.07, 6.45) is 10.6. The Bertz CT molecular complexity index is 4610. The van der Waals surface area contributed by atoms with E-state index in [-0.39, 0.29) is 131 Å². The number of ether oxygens (including phenoxy) is 2. The van der Waals surface area contributed by atoms with Crippen molar-refractivity contribution in [2.24, 2.45) is 0 Å². The molecule has 0 fully saturated rings. The molecule has 0 amide bonds. The molecule has 16 rings (SSSR count). The molecule has 0 bridgehead atoms. The first kappa shape index (κ1) is 99.6. The van der Waals surface area contributed by atoms with Crippen LogP contribution in [0.15, 0.2) is 466 Å². The Labute approximate surface area is 817 Å². The van der Waals surface area contributed by atoms with Gasteiger partial charge >= 0.3 is 110 Å². The molecule has 0 aliphatic carbocycles. The summed E-state index contributed by atoms with van der Waals surface area (Å²) in [6, 6.07) is 159. The van der Waals surface area contributed by atoms with Crippen molar-refractivity contribution in [2.75, 3.05) is 14.2 Å². The fourth-order valence-electron chi connectivity index (χ4n) is 11.7. The Kier molecular flexibility index (Phi) is 49.1. The van der Waals surface area contributed by atoms with E-state index in [0.29, 0.717) is 11.2 Å². The van der Waals surface area contributed by atoms with Crippen LogP contribution in [-0.4, -0.2) is 37.9 Å². The van der Waals surface area contributed by atoms with E-state index >= 15 is 0 Å². The number of benzene rings is 16. The summed E-state index contributed by atoms with van der Waals surface area (Å²) >= 11 is 3.31. The van der Waals surface area contributed by atoms with Gasteiger partial charge in [0.15, 0.2) is 0 Å². The molecule has 0 heterocycles. The minimum atomic E-state index is -1.40. The van der Waals surface area contributed by atoms with Crippen molar-refractivity contribution in [3.8, 4) is 47.3 Å². The van der Waals surface area contributed by atoms with Crippen molar-refractivity contribution in [1.82, 2.24) is 0 Å². The van der Waals surface area contributed by atoms with Crippen LogP contribution in [0.5, 0.6) is 11.5 Å². The number of rotatable bonds is 17. The molecule has 0 saturated carbocycles. The van der Waals surface area contributed by atoms with E-state index in [1.807, 2.05) is 72.8 Å². The van der Waals surface area contributed by atoms with Gasteiger partial charge in [0, 0.05) is 36.0 Å². The van der Waals surface area contributed by atoms with Crippen LogP contribution in [-0.2, 0) is 30.1 Å². The molecule has 0 spiro atoms. The van der Waals surface area contributed by atoms with E-state index in [1.165, 1.54) is 63.7 Å². The number of carbonyl (C=O) groups is 1. The number of carbonyl (C=O) groups excluding carboxylic acids is 1. The van der Waals surface area contributed by atoms with Crippen LogP contribution in [0.1, 0.15) is 12.6 Å². The maximum absolute atomic E-state index is 8.70. The van der Waals surface area contributed by atoms with Crippen molar-refractivity contribution in [3.63, 3.8) is 0 Å². The van der Waals surface area contributed by atoms with Gasteiger partial charge in [0.2, 0.25) is 0 Å². The predicted octanol–water partition coefficient (Wildman–Crippen LogP) is 11.5. The van der Waals surface area contributed by atoms with E-state index in [2.05, 4.69) is 397 Å². The molecule has 16 aromatic carbocycles. The van der Waals surface area contributed by atoms with Gasteiger partial charge in [-0.05, 0) is 170 Å². The molecule has 0 radical (unpaired) electrons. The zero-order chi connectivity index (χ0) is 81.4. The first-order valence-electron chi connectivity index (χ1n) is 37.1. The van der Waals surface area contributed by atoms with Crippen LogP contribution in [0.4, 0.5) is 0 Å². The second-order valence-corrected chi connectivity index (χ2v) is 34.5. The van der Waals surface area contributed by atoms with Crippen LogP contribution in [0.3, 0.4) is 0 Å². The maximum atomic E-state index is 8.70. The molecule has 2 N–H and O–H groups in total. The average Bonchev–Trinajstić information content (AvgIpc) is 0.827. The third-order valence-corrected chi connectivity index (χ3v) is 27.6. The van der Waals surface area contributed by atoms with Gasteiger partial charge in [-0.15, -0.1) is 12.8 Å². The molecule has 0 unspecified atom stereocenters. The van der Waals surface area contributed by atoms with Gasteiger partial charge in [0.05, 0.1) is 14.2 Å². The summed E-state index contributed by atoms with van der Waals surface area (Å²) in [4.78, 5) is 11.2. The van der Waals surface area contributed by atoms with Crippen molar-refractivity contribution in [3.05, 3.63) is 477 Å². The fourth-order valence-corrected chi connectivity index (χ4v) is 21.3. The molecule has 119 heavy (non-hydrogen) atoms. The average molecular weight is 1840 g/mol. The molecule has 584 valence electrons. The van der Waals surface area contributed by atoms with Gasteiger partial charge in [0.1, 0.15) is 11.5 Å². The van der Waals surface area contributed by atoms with E-state index in [1.54, 1.807) is 38.5 Å². The summed E-state index contributed by atoms with van der Waals surface area (Å²) in [6.45, 7) is -0.181. The van der Waals surface area contributed by atoms with E-state index in [4.69, 9.17) is 42.4 Å². The van der Waals surface area contributed by atoms with Crippen LogP contribution >= 0.6 is 47.6 Å². The molecule has 0 saturated heterocycles. The van der Waals surface area contributed by atoms with Gasteiger partial charge in [-0.25, -0.2) is 0 Å². The van der Waals surface area contributed by atoms with Gasteiger partial charge in [0.25, 0.3) is 6.47 Å². The van der Waals surface area contributed by atoms with E-state index in [9.17, 15) is 0 Å². The Balaban J connectivity index is 0.000000249. The third kappa shape index (κ3) is 33.6. The van der Waals surface area contributed by atoms with Gasteiger partial charge < -0.3 is 31.1 Å². The number of hydrogen-bond acceptors (Lipinski definition) is 7. The zero-order valence-corrected chi connectivity index (χ0v) is 79.6. The van der Waals surface area contributed by atoms with E-state index < -0.39 is 38.8 Å². The quantitative estimate of drug-likeness (QED) is 0.0233. The minimum absolute atomic E-state index is 0. The number of halogens is 1. The Morgan fingerprint density at radius 2 is 0.496 bits per heavy atom. The molecule has 0 aliphatic rings. The molecule has 0 aliphatic heterocycles. The SMILES string of the molecule is C#Cc1ccccc1-c1ccc(OC)cc1.C#Cc1ccccc1Br.COc1ccc(B(O)O)cc1.O=CO[O-].[H-].[K+].[K+].[Pd].c1ccc(P(c2ccccc2)c2ccccc2)cc1.c1ccc(P(c2ccccc2)c2ccccc2)cc1.c1ccc(P(c2ccccc2)c2ccccc2)cc1.c1ccc(P(c2ccccc2)c2ccccc2)cc1. The van der Waals surface area contributed by atoms with Crippen molar-refractivity contribution < 1.29 is 159 Å². The number of methoxy groups -OCH3 is 2. The van der Waals surface area contributed by atoms with Gasteiger partial charge in [-0.3, -0.25) is 4.79 Å². The molecule has 7 nitrogen and oxygen atoms in total. The Morgan fingerprint density at radius 1 is 0.311 bits per heavy atom. The standard InChI is InChI=1S/4C18H15P.C15H12O.C8H5Br.C7H9BO3.CH2O3.2K.Pd.H/c4*1-4-10-16(11-5-1)19(17-12-6-2-7-13-17)18-14-8-3-9-15-18;1-3-12-6-4-5-7-15(12)13-8-10-14(16-2)11-9-13;1-2-7-5-3-4-6-8(7)9;1-11-7-4-2-6(3-5-7)8(9)10;2-1-4-3;;;;/h4*1-15H;1,4-11H,2H3;1,3-6H;2-5,9-10H,1H3;1,3H;;;;/q;;;;;;;;2*+1;;-1/p-1. The second-order valence-electron chi connectivity index (χ2n) is 24.8. The van der Waals surface area contributed by atoms with Crippen LogP contribution in [0, 0.1) is 24.7 Å². The smallest absolute Gasteiger partial charge is 1.00 e. The Morgan fingerprint density at radius 3 is 0.672 bits per heavy atom. The summed E-state index contributed by atoms with van der Waals surface area (Å²) in [5.74, 6) is 6.79. The minimum Gasteiger partial charge on any atom is -1.00 e. The maximum Gasteiger partial charge on any atom is 1.00 e. The number of terminal acetylenes is 2. The van der Waals surface area contributed by atoms with Crippen LogP contribution in [0.25, 0.3) is 11.1 Å². The summed E-state index contributed by atoms with van der Waals surface area (Å²) in [5, 5.41) is 42.6. The monoisotopic (exact) mass is 1830 g/mol. The van der Waals surface area contributed by atoms with E-state index in [0.717, 1.165) is 32.5 Å². The largest absolute Gasteiger partial charge is 1.00 e. The fraction of sp³-hybridized carbons (Fsp3) is 0.0194. The normalized spacial score (nSPS) is 9.71. The predicted molar refractivity (Wildman–Crippen MR) is 500 cm³/mol. The first-order valence-corrected chi connectivity index (χ1v) is 43.3. The zero-order valence-electron chi connectivity index (χ0n) is 67.6. The third-order valence-electron chi connectivity index (χ3n) is 17.1. The molecular formula is C103H88BBrK2O7P4Pd. The van der Waals surface area contributed by atoms with Crippen molar-refractivity contribution in [1.29, 1.82) is 0 Å². The molecule has 16 heteroatoms. The number of hydrogen-bond donors (Lipinski definition) is 2. The topological polar surface area (TPSA) is 108 Å². The summed E-state index contributed by atoms with van der Waals surface area (Å²) < 4.78 is 11.0. The van der Waals surface area contributed by atoms with Crippen LogP contribution < -0.4 is 187 Å². The van der Waals surface area contributed by atoms with Gasteiger partial charge in [-0.1, -0.05) is 430 Å². The molecular weight excluding hydrogens is 1750 g/mol. The second kappa shape index (κ2) is 58.7. The summed E-state index contributed by atoms with van der Waals surface area (Å²) in [5.41, 5.74) is 4.46. The van der Waals surface area contributed by atoms with Crippen LogP contribution in [0.2, 0.25) is 0 Å². The molecule has 16 aromatic rings. The van der Waals surface area contributed by atoms with Crippen molar-refractivity contribution >= 4 is 130 Å². The first-order chi connectivity index (χ1) is 57.1.